The van der Waals surface area contributed by atoms with E-state index in [4.69, 9.17) is 0 Å². The standard InChI is InChI=1S/C13H24N2O3/c1-12(2,3)9(10(16)17)15-11(18)13(4)7-5-6-8-14-13/h9,14H,5-8H2,1-4H3,(H,15,18)(H,16,17)/t9-,13?/m1/s1. The molecule has 5 heteroatoms. The van der Waals surface area contributed by atoms with Gasteiger partial charge in [-0.3, -0.25) is 4.79 Å². The minimum Gasteiger partial charge on any atom is -0.480 e. The summed E-state index contributed by atoms with van der Waals surface area (Å²) < 4.78 is 0. The van der Waals surface area contributed by atoms with Gasteiger partial charge in [0.05, 0.1) is 5.54 Å². The Kier molecular flexibility index (Phi) is 4.37. The number of hydrogen-bond donors (Lipinski definition) is 3. The fraction of sp³-hybridized carbons (Fsp3) is 0.846. The van der Waals surface area contributed by atoms with Gasteiger partial charge < -0.3 is 15.7 Å². The van der Waals surface area contributed by atoms with E-state index in [2.05, 4.69) is 10.6 Å². The quantitative estimate of drug-likeness (QED) is 0.707. The Morgan fingerprint density at radius 1 is 1.33 bits per heavy atom. The average molecular weight is 256 g/mol. The lowest BCUT2D eigenvalue weighted by Gasteiger charge is -2.36. The van der Waals surface area contributed by atoms with Crippen LogP contribution in [0.4, 0.5) is 0 Å². The number of nitrogens with one attached hydrogen (secondary N) is 2. The molecule has 18 heavy (non-hydrogen) atoms. The van der Waals surface area contributed by atoms with Crippen LogP contribution in [-0.2, 0) is 9.59 Å². The van der Waals surface area contributed by atoms with E-state index in [9.17, 15) is 14.7 Å². The summed E-state index contributed by atoms with van der Waals surface area (Å²) in [5.74, 6) is -1.21. The second kappa shape index (κ2) is 5.26. The molecule has 0 bridgehead atoms. The first-order chi connectivity index (χ1) is 8.17. The summed E-state index contributed by atoms with van der Waals surface area (Å²) in [6, 6.07) is -0.870. The first-order valence-electron chi connectivity index (χ1n) is 6.45. The fourth-order valence-corrected chi connectivity index (χ4v) is 2.19. The Morgan fingerprint density at radius 2 is 1.94 bits per heavy atom. The Labute approximate surface area is 108 Å². The van der Waals surface area contributed by atoms with Crippen LogP contribution in [-0.4, -0.2) is 35.1 Å². The van der Waals surface area contributed by atoms with Gasteiger partial charge in [-0.15, -0.1) is 0 Å². The lowest BCUT2D eigenvalue weighted by molar-refractivity contribution is -0.146. The first-order valence-corrected chi connectivity index (χ1v) is 6.45. The molecule has 0 aromatic rings. The Bertz CT molecular complexity index is 328. The summed E-state index contributed by atoms with van der Waals surface area (Å²) in [7, 11) is 0. The number of rotatable bonds is 3. The number of carboxylic acid groups (broad SMARTS) is 1. The van der Waals surface area contributed by atoms with Crippen LogP contribution >= 0.6 is 0 Å². The van der Waals surface area contributed by atoms with Crippen molar-refractivity contribution in [2.75, 3.05) is 6.54 Å². The number of aliphatic carboxylic acids is 1. The molecule has 0 spiro atoms. The molecule has 1 saturated heterocycles. The van der Waals surface area contributed by atoms with Crippen molar-refractivity contribution in [3.63, 3.8) is 0 Å². The predicted molar refractivity (Wildman–Crippen MR) is 69.3 cm³/mol. The van der Waals surface area contributed by atoms with E-state index in [0.29, 0.717) is 0 Å². The van der Waals surface area contributed by atoms with Gasteiger partial charge in [-0.25, -0.2) is 4.79 Å². The molecule has 1 aliphatic heterocycles. The maximum absolute atomic E-state index is 12.2. The van der Waals surface area contributed by atoms with Crippen molar-refractivity contribution in [2.24, 2.45) is 5.41 Å². The lowest BCUT2D eigenvalue weighted by Crippen LogP contribution is -2.61. The third-order valence-electron chi connectivity index (χ3n) is 3.51. The van der Waals surface area contributed by atoms with E-state index in [1.165, 1.54) is 0 Å². The maximum atomic E-state index is 12.2. The van der Waals surface area contributed by atoms with Crippen LogP contribution in [0.25, 0.3) is 0 Å². The number of hydrogen-bond acceptors (Lipinski definition) is 3. The van der Waals surface area contributed by atoms with Crippen molar-refractivity contribution in [3.05, 3.63) is 0 Å². The molecule has 1 rings (SSSR count). The van der Waals surface area contributed by atoms with E-state index in [0.717, 1.165) is 25.8 Å². The van der Waals surface area contributed by atoms with Crippen molar-refractivity contribution in [3.8, 4) is 0 Å². The molecule has 2 atom stereocenters. The zero-order valence-electron chi connectivity index (χ0n) is 11.7. The number of amides is 1. The molecule has 0 aromatic heterocycles. The topological polar surface area (TPSA) is 78.4 Å². The minimum atomic E-state index is -0.991. The Morgan fingerprint density at radius 3 is 2.33 bits per heavy atom. The molecular formula is C13H24N2O3. The summed E-state index contributed by atoms with van der Waals surface area (Å²) in [6.07, 6.45) is 2.80. The monoisotopic (exact) mass is 256 g/mol. The Hall–Kier alpha value is -1.10. The van der Waals surface area contributed by atoms with Crippen LogP contribution < -0.4 is 10.6 Å². The van der Waals surface area contributed by atoms with Crippen molar-refractivity contribution in [2.45, 2.75) is 58.5 Å². The fourth-order valence-electron chi connectivity index (χ4n) is 2.19. The molecule has 0 radical (unpaired) electrons. The van der Waals surface area contributed by atoms with Crippen LogP contribution in [0.3, 0.4) is 0 Å². The van der Waals surface area contributed by atoms with Crippen molar-refractivity contribution < 1.29 is 14.7 Å². The average Bonchev–Trinajstić information content (AvgIpc) is 2.24. The van der Waals surface area contributed by atoms with Crippen LogP contribution in [0.1, 0.15) is 47.0 Å². The minimum absolute atomic E-state index is 0.218. The molecule has 104 valence electrons. The van der Waals surface area contributed by atoms with E-state index < -0.39 is 23.0 Å². The van der Waals surface area contributed by atoms with E-state index in [1.807, 2.05) is 27.7 Å². The molecule has 0 saturated carbocycles. The van der Waals surface area contributed by atoms with Gasteiger partial charge in [0, 0.05) is 0 Å². The first kappa shape index (κ1) is 15.0. The second-order valence-electron chi connectivity index (χ2n) is 6.33. The molecule has 1 fully saturated rings. The summed E-state index contributed by atoms with van der Waals surface area (Å²) in [4.78, 5) is 23.5. The lowest BCUT2D eigenvalue weighted by atomic mass is 9.84. The predicted octanol–water partition coefficient (Wildman–Crippen LogP) is 1.13. The van der Waals surface area contributed by atoms with Gasteiger partial charge in [-0.1, -0.05) is 20.8 Å². The van der Waals surface area contributed by atoms with Gasteiger partial charge in [0.1, 0.15) is 6.04 Å². The number of carboxylic acids is 1. The highest BCUT2D eigenvalue weighted by Crippen LogP contribution is 2.23. The van der Waals surface area contributed by atoms with Crippen molar-refractivity contribution in [1.82, 2.24) is 10.6 Å². The van der Waals surface area contributed by atoms with E-state index in [1.54, 1.807) is 0 Å². The molecule has 1 unspecified atom stereocenters. The largest absolute Gasteiger partial charge is 0.480 e. The van der Waals surface area contributed by atoms with Crippen LogP contribution in [0, 0.1) is 5.41 Å². The van der Waals surface area contributed by atoms with Gasteiger partial charge in [-0.2, -0.15) is 0 Å². The van der Waals surface area contributed by atoms with Crippen LogP contribution in [0.15, 0.2) is 0 Å². The molecule has 1 heterocycles. The van der Waals surface area contributed by atoms with E-state index in [-0.39, 0.29) is 5.91 Å². The van der Waals surface area contributed by atoms with Gasteiger partial charge >= 0.3 is 5.97 Å². The number of carbonyl (C=O) groups excluding carboxylic acids is 1. The molecular weight excluding hydrogens is 232 g/mol. The zero-order chi connectivity index (χ0) is 14.0. The molecule has 5 nitrogen and oxygen atoms in total. The summed E-state index contributed by atoms with van der Waals surface area (Å²) in [5, 5.41) is 15.1. The van der Waals surface area contributed by atoms with Crippen molar-refractivity contribution >= 4 is 11.9 Å². The number of piperidine rings is 1. The highest BCUT2D eigenvalue weighted by molar-refractivity contribution is 5.90. The molecule has 3 N–H and O–H groups in total. The summed E-state index contributed by atoms with van der Waals surface area (Å²) in [6.45, 7) is 8.06. The Balaban J connectivity index is 2.75. The molecule has 0 aliphatic carbocycles. The third kappa shape index (κ3) is 3.45. The molecule has 1 aliphatic rings. The third-order valence-corrected chi connectivity index (χ3v) is 3.51. The normalized spacial score (nSPS) is 26.4. The summed E-state index contributed by atoms with van der Waals surface area (Å²) >= 11 is 0. The van der Waals surface area contributed by atoms with E-state index >= 15 is 0 Å². The summed E-state index contributed by atoms with van der Waals surface area (Å²) in [5.41, 5.74) is -1.15. The SMILES string of the molecule is CC1(C(=O)N[C@H](C(=O)O)C(C)(C)C)CCCCN1. The second-order valence-corrected chi connectivity index (χ2v) is 6.33. The van der Waals surface area contributed by atoms with Crippen LogP contribution in [0.5, 0.6) is 0 Å². The zero-order valence-corrected chi connectivity index (χ0v) is 11.7. The van der Waals surface area contributed by atoms with Gasteiger partial charge in [0.15, 0.2) is 0 Å². The maximum Gasteiger partial charge on any atom is 0.326 e. The van der Waals surface area contributed by atoms with Gasteiger partial charge in [0.25, 0.3) is 0 Å². The van der Waals surface area contributed by atoms with Crippen LogP contribution in [0.2, 0.25) is 0 Å². The number of carbonyl (C=O) groups is 2. The molecule has 1 amide bonds. The highest BCUT2D eigenvalue weighted by Gasteiger charge is 2.39. The van der Waals surface area contributed by atoms with Gasteiger partial charge in [0.2, 0.25) is 5.91 Å². The highest BCUT2D eigenvalue weighted by atomic mass is 16.4. The van der Waals surface area contributed by atoms with Crippen molar-refractivity contribution in [1.29, 1.82) is 0 Å². The van der Waals surface area contributed by atoms with Gasteiger partial charge in [-0.05, 0) is 38.1 Å². The smallest absolute Gasteiger partial charge is 0.326 e. The molecule has 0 aromatic carbocycles.